The lowest BCUT2D eigenvalue weighted by atomic mass is 10.1. The molecule has 2 aromatic carbocycles. The summed E-state index contributed by atoms with van der Waals surface area (Å²) < 4.78 is 5.19. The first-order valence-corrected chi connectivity index (χ1v) is 6.51. The van der Waals surface area contributed by atoms with Crippen molar-refractivity contribution < 1.29 is 4.74 Å². The van der Waals surface area contributed by atoms with Crippen molar-refractivity contribution in [2.24, 2.45) is 0 Å². The van der Waals surface area contributed by atoms with Crippen molar-refractivity contribution in [3.05, 3.63) is 59.9 Å². The van der Waals surface area contributed by atoms with E-state index in [1.807, 2.05) is 48.5 Å². The molecule has 21 heavy (non-hydrogen) atoms. The van der Waals surface area contributed by atoms with Gasteiger partial charge in [-0.15, -0.1) is 0 Å². The number of benzene rings is 2. The van der Waals surface area contributed by atoms with Crippen LogP contribution in [0.4, 0.5) is 0 Å². The fraction of sp³-hybridized carbons (Fsp3) is 0.0588. The van der Waals surface area contributed by atoms with Crippen molar-refractivity contribution in [2.75, 3.05) is 7.11 Å². The van der Waals surface area contributed by atoms with Crippen molar-refractivity contribution in [2.45, 2.75) is 0 Å². The third kappa shape index (κ3) is 2.63. The van der Waals surface area contributed by atoms with Crippen LogP contribution in [0.15, 0.2) is 48.5 Å². The largest absolute Gasteiger partial charge is 0.497 e. The smallest absolute Gasteiger partial charge is 0.149 e. The predicted octanol–water partition coefficient (Wildman–Crippen LogP) is 3.64. The molecule has 0 aliphatic carbocycles. The van der Waals surface area contributed by atoms with E-state index in [4.69, 9.17) is 4.74 Å². The number of nitrogens with zero attached hydrogens (tertiary/aromatic N) is 2. The number of hydrogen-bond donors (Lipinski definition) is 1. The Morgan fingerprint density at radius 1 is 1.24 bits per heavy atom. The van der Waals surface area contributed by atoms with Gasteiger partial charge in [0.25, 0.3) is 0 Å². The maximum absolute atomic E-state index is 9.38. The van der Waals surface area contributed by atoms with Gasteiger partial charge in [-0.3, -0.25) is 0 Å². The molecule has 0 atom stereocenters. The van der Waals surface area contributed by atoms with Gasteiger partial charge in [-0.1, -0.05) is 24.3 Å². The fourth-order valence-corrected chi connectivity index (χ4v) is 2.13. The number of methoxy groups -OCH3 is 1. The van der Waals surface area contributed by atoms with E-state index in [1.165, 1.54) is 0 Å². The van der Waals surface area contributed by atoms with E-state index in [9.17, 15) is 5.26 Å². The van der Waals surface area contributed by atoms with Crippen LogP contribution in [-0.2, 0) is 0 Å². The van der Waals surface area contributed by atoms with E-state index in [1.54, 1.807) is 13.2 Å². The maximum atomic E-state index is 9.38. The van der Waals surface area contributed by atoms with Crippen LogP contribution in [0.5, 0.6) is 5.75 Å². The van der Waals surface area contributed by atoms with Gasteiger partial charge in [-0.25, -0.2) is 4.98 Å². The van der Waals surface area contributed by atoms with Gasteiger partial charge in [-0.05, 0) is 35.9 Å². The Balaban J connectivity index is 2.04. The van der Waals surface area contributed by atoms with Gasteiger partial charge in [0.05, 0.1) is 23.7 Å². The highest BCUT2D eigenvalue weighted by atomic mass is 16.5. The van der Waals surface area contributed by atoms with Crippen molar-refractivity contribution in [3.8, 4) is 11.8 Å². The molecule has 3 rings (SSSR count). The minimum atomic E-state index is 0.486. The number of imidazole rings is 1. The van der Waals surface area contributed by atoms with Crippen LogP contribution in [0, 0.1) is 11.3 Å². The zero-order chi connectivity index (χ0) is 14.7. The number of ether oxygens (including phenoxy) is 1. The summed E-state index contributed by atoms with van der Waals surface area (Å²) >= 11 is 0. The molecule has 102 valence electrons. The zero-order valence-corrected chi connectivity index (χ0v) is 11.5. The van der Waals surface area contributed by atoms with Crippen LogP contribution in [0.3, 0.4) is 0 Å². The number of fused-ring (bicyclic) bond motifs is 1. The first-order chi connectivity index (χ1) is 10.3. The molecule has 0 fully saturated rings. The minimum absolute atomic E-state index is 0.486. The lowest BCUT2D eigenvalue weighted by Gasteiger charge is -2.00. The predicted molar refractivity (Wildman–Crippen MR) is 82.6 cm³/mol. The SMILES string of the molecule is COc1cccc(C=C(C#N)c2nc3ccccc3[nH]2)c1. The van der Waals surface area contributed by atoms with E-state index in [-0.39, 0.29) is 0 Å². The third-order valence-corrected chi connectivity index (χ3v) is 3.17. The summed E-state index contributed by atoms with van der Waals surface area (Å²) in [7, 11) is 1.62. The first kappa shape index (κ1) is 12.9. The summed E-state index contributed by atoms with van der Waals surface area (Å²) in [5.41, 5.74) is 3.14. The average Bonchev–Trinajstić information content (AvgIpc) is 2.96. The van der Waals surface area contributed by atoms with Gasteiger partial charge in [0.2, 0.25) is 0 Å². The van der Waals surface area contributed by atoms with Crippen molar-refractivity contribution in [1.82, 2.24) is 9.97 Å². The fourth-order valence-electron chi connectivity index (χ4n) is 2.13. The van der Waals surface area contributed by atoms with Crippen LogP contribution in [-0.4, -0.2) is 17.1 Å². The third-order valence-electron chi connectivity index (χ3n) is 3.17. The van der Waals surface area contributed by atoms with E-state index in [0.29, 0.717) is 11.4 Å². The standard InChI is InChI=1S/C17H13N3O/c1-21-14-6-4-5-12(10-14)9-13(11-18)17-19-15-7-2-3-8-16(15)20-17/h2-10H,1H3,(H,19,20). The van der Waals surface area contributed by atoms with Crippen LogP contribution < -0.4 is 4.74 Å². The average molecular weight is 275 g/mol. The summed E-state index contributed by atoms with van der Waals surface area (Å²) in [5, 5.41) is 9.38. The highest BCUT2D eigenvalue weighted by Crippen LogP contribution is 2.21. The Kier molecular flexibility index (Phi) is 3.40. The van der Waals surface area contributed by atoms with E-state index in [2.05, 4.69) is 16.0 Å². The summed E-state index contributed by atoms with van der Waals surface area (Å²) in [6.07, 6.45) is 1.79. The van der Waals surface area contributed by atoms with E-state index >= 15 is 0 Å². The number of para-hydroxylation sites is 2. The van der Waals surface area contributed by atoms with Gasteiger partial charge < -0.3 is 9.72 Å². The summed E-state index contributed by atoms with van der Waals surface area (Å²) in [4.78, 5) is 7.61. The highest BCUT2D eigenvalue weighted by molar-refractivity contribution is 5.90. The molecule has 0 saturated heterocycles. The van der Waals surface area contributed by atoms with Crippen molar-refractivity contribution >= 4 is 22.7 Å². The number of H-pyrrole nitrogens is 1. The Morgan fingerprint density at radius 2 is 2.10 bits per heavy atom. The van der Waals surface area contributed by atoms with Gasteiger partial charge in [-0.2, -0.15) is 5.26 Å². The maximum Gasteiger partial charge on any atom is 0.149 e. The van der Waals surface area contributed by atoms with Crippen LogP contribution in [0.1, 0.15) is 11.4 Å². The first-order valence-electron chi connectivity index (χ1n) is 6.51. The second-order valence-electron chi connectivity index (χ2n) is 4.55. The molecule has 0 unspecified atom stereocenters. The molecule has 0 bridgehead atoms. The molecular formula is C17H13N3O. The second-order valence-corrected chi connectivity index (χ2v) is 4.55. The number of rotatable bonds is 3. The summed E-state index contributed by atoms with van der Waals surface area (Å²) in [6.45, 7) is 0. The Morgan fingerprint density at radius 3 is 2.86 bits per heavy atom. The molecule has 0 radical (unpaired) electrons. The normalized spacial score (nSPS) is 11.3. The highest BCUT2D eigenvalue weighted by Gasteiger charge is 2.07. The monoisotopic (exact) mass is 275 g/mol. The van der Waals surface area contributed by atoms with E-state index in [0.717, 1.165) is 22.3 Å². The Labute approximate surface area is 122 Å². The quantitative estimate of drug-likeness (QED) is 0.742. The zero-order valence-electron chi connectivity index (χ0n) is 11.5. The number of nitriles is 1. The number of aromatic amines is 1. The van der Waals surface area contributed by atoms with Gasteiger partial charge in [0.15, 0.2) is 0 Å². The van der Waals surface area contributed by atoms with Crippen LogP contribution in [0.25, 0.3) is 22.7 Å². The molecule has 4 heteroatoms. The molecule has 0 amide bonds. The molecule has 0 spiro atoms. The molecule has 1 heterocycles. The van der Waals surface area contributed by atoms with Gasteiger partial charge >= 0.3 is 0 Å². The molecule has 0 saturated carbocycles. The topological polar surface area (TPSA) is 61.7 Å². The number of nitrogens with one attached hydrogen (secondary N) is 1. The van der Waals surface area contributed by atoms with Crippen molar-refractivity contribution in [3.63, 3.8) is 0 Å². The van der Waals surface area contributed by atoms with Crippen LogP contribution in [0.2, 0.25) is 0 Å². The molecule has 3 aromatic rings. The van der Waals surface area contributed by atoms with Crippen molar-refractivity contribution in [1.29, 1.82) is 5.26 Å². The molecule has 4 nitrogen and oxygen atoms in total. The summed E-state index contributed by atoms with van der Waals surface area (Å²) in [6, 6.07) is 17.4. The summed E-state index contributed by atoms with van der Waals surface area (Å²) in [5.74, 6) is 1.33. The number of hydrogen-bond acceptors (Lipinski definition) is 3. The lowest BCUT2D eigenvalue weighted by molar-refractivity contribution is 0.414. The Hall–Kier alpha value is -3.06. The second kappa shape index (κ2) is 5.51. The lowest BCUT2D eigenvalue weighted by Crippen LogP contribution is -1.86. The molecule has 0 aliphatic heterocycles. The molecule has 1 N–H and O–H groups in total. The van der Waals surface area contributed by atoms with Gasteiger partial charge in [0.1, 0.15) is 17.6 Å². The molecule has 1 aromatic heterocycles. The minimum Gasteiger partial charge on any atom is -0.497 e. The van der Waals surface area contributed by atoms with E-state index < -0.39 is 0 Å². The van der Waals surface area contributed by atoms with Gasteiger partial charge in [0, 0.05) is 0 Å². The number of allylic oxidation sites excluding steroid dienone is 1. The molecule has 0 aliphatic rings. The number of aromatic nitrogens is 2. The molecular weight excluding hydrogens is 262 g/mol. The Bertz CT molecular complexity index is 823. The van der Waals surface area contributed by atoms with Crippen LogP contribution >= 0.6 is 0 Å².